The standard InChI is InChI=1S/C19H17NO3/c21-17(14-7-2-1-3-8-14)20-12-6-11-19(13-20)16-10-5-4-9-15(16)18(22)23-19/h1-5,7-10H,6,11-13H2. The lowest BCUT2D eigenvalue weighted by Gasteiger charge is -2.39. The summed E-state index contributed by atoms with van der Waals surface area (Å²) in [7, 11) is 0. The Hall–Kier alpha value is -2.62. The number of amides is 1. The normalized spacial score (nSPS) is 22.8. The Labute approximate surface area is 134 Å². The van der Waals surface area contributed by atoms with Crippen LogP contribution in [0.4, 0.5) is 0 Å². The lowest BCUT2D eigenvalue weighted by molar-refractivity contribution is -0.0442. The molecule has 1 unspecified atom stereocenters. The summed E-state index contributed by atoms with van der Waals surface area (Å²) < 4.78 is 5.74. The minimum absolute atomic E-state index is 0.00916. The van der Waals surface area contributed by atoms with Gasteiger partial charge in [0.25, 0.3) is 5.91 Å². The van der Waals surface area contributed by atoms with Gasteiger partial charge in [0.2, 0.25) is 0 Å². The topological polar surface area (TPSA) is 46.6 Å². The zero-order chi connectivity index (χ0) is 15.9. The smallest absolute Gasteiger partial charge is 0.339 e. The minimum Gasteiger partial charge on any atom is -0.449 e. The molecule has 0 bridgehead atoms. The number of ether oxygens (including phenoxy) is 1. The van der Waals surface area contributed by atoms with Gasteiger partial charge in [0.15, 0.2) is 5.60 Å². The van der Waals surface area contributed by atoms with Crippen LogP contribution in [0.3, 0.4) is 0 Å². The molecule has 116 valence electrons. The number of fused-ring (bicyclic) bond motifs is 2. The highest BCUT2D eigenvalue weighted by molar-refractivity contribution is 5.96. The first-order valence-corrected chi connectivity index (χ1v) is 7.87. The molecule has 1 fully saturated rings. The quantitative estimate of drug-likeness (QED) is 0.761. The highest BCUT2D eigenvalue weighted by atomic mass is 16.6. The second-order valence-corrected chi connectivity index (χ2v) is 6.13. The van der Waals surface area contributed by atoms with E-state index in [2.05, 4.69) is 0 Å². The summed E-state index contributed by atoms with van der Waals surface area (Å²) in [5.41, 5.74) is 1.52. The van der Waals surface area contributed by atoms with Gasteiger partial charge in [-0.25, -0.2) is 4.79 Å². The number of nitrogens with zero attached hydrogens (tertiary/aromatic N) is 1. The largest absolute Gasteiger partial charge is 0.449 e. The molecule has 0 aromatic heterocycles. The van der Waals surface area contributed by atoms with E-state index in [-0.39, 0.29) is 11.9 Å². The Bertz CT molecular complexity index is 771. The Balaban J connectivity index is 1.66. The molecule has 0 N–H and O–H groups in total. The summed E-state index contributed by atoms with van der Waals surface area (Å²) in [5.74, 6) is -0.292. The first-order valence-electron chi connectivity index (χ1n) is 7.87. The van der Waals surface area contributed by atoms with E-state index in [1.807, 2.05) is 48.5 Å². The van der Waals surface area contributed by atoms with E-state index in [4.69, 9.17) is 4.74 Å². The van der Waals surface area contributed by atoms with Crippen molar-refractivity contribution in [2.75, 3.05) is 13.1 Å². The van der Waals surface area contributed by atoms with Crippen LogP contribution in [0, 0.1) is 0 Å². The van der Waals surface area contributed by atoms with Gasteiger partial charge in [-0.1, -0.05) is 36.4 Å². The van der Waals surface area contributed by atoms with Crippen LogP contribution in [0.25, 0.3) is 0 Å². The molecule has 1 amide bonds. The predicted molar refractivity (Wildman–Crippen MR) is 85.1 cm³/mol. The fourth-order valence-electron chi connectivity index (χ4n) is 3.61. The maximum absolute atomic E-state index is 12.7. The number of likely N-dealkylation sites (tertiary alicyclic amines) is 1. The van der Waals surface area contributed by atoms with Gasteiger partial charge in [-0.05, 0) is 31.0 Å². The average Bonchev–Trinajstić information content (AvgIpc) is 2.87. The molecule has 4 nitrogen and oxygen atoms in total. The molecule has 2 aromatic carbocycles. The van der Waals surface area contributed by atoms with Gasteiger partial charge in [0.1, 0.15) is 0 Å². The molecular formula is C19H17NO3. The third-order valence-corrected chi connectivity index (χ3v) is 4.69. The number of rotatable bonds is 1. The van der Waals surface area contributed by atoms with Crippen LogP contribution in [0.1, 0.15) is 39.1 Å². The fourth-order valence-corrected chi connectivity index (χ4v) is 3.61. The molecule has 2 aromatic rings. The molecule has 2 aliphatic heterocycles. The van der Waals surface area contributed by atoms with Gasteiger partial charge in [0.05, 0.1) is 12.1 Å². The lowest BCUT2D eigenvalue weighted by Crippen LogP contribution is -2.48. The molecular weight excluding hydrogens is 290 g/mol. The lowest BCUT2D eigenvalue weighted by atomic mass is 9.85. The highest BCUT2D eigenvalue weighted by Crippen LogP contribution is 2.42. The second-order valence-electron chi connectivity index (χ2n) is 6.13. The molecule has 2 heterocycles. The summed E-state index contributed by atoms with van der Waals surface area (Å²) in [4.78, 5) is 26.7. The number of benzene rings is 2. The van der Waals surface area contributed by atoms with E-state index in [0.29, 0.717) is 24.2 Å². The molecule has 4 rings (SSSR count). The molecule has 2 aliphatic rings. The third kappa shape index (κ3) is 2.22. The van der Waals surface area contributed by atoms with Crippen LogP contribution in [-0.4, -0.2) is 29.9 Å². The van der Waals surface area contributed by atoms with Crippen molar-refractivity contribution in [1.82, 2.24) is 4.90 Å². The molecule has 1 atom stereocenters. The van der Waals surface area contributed by atoms with Crippen molar-refractivity contribution in [3.8, 4) is 0 Å². The van der Waals surface area contributed by atoms with E-state index in [9.17, 15) is 9.59 Å². The van der Waals surface area contributed by atoms with E-state index in [1.165, 1.54) is 0 Å². The zero-order valence-corrected chi connectivity index (χ0v) is 12.7. The van der Waals surface area contributed by atoms with Gasteiger partial charge >= 0.3 is 5.97 Å². The van der Waals surface area contributed by atoms with Crippen molar-refractivity contribution in [1.29, 1.82) is 0 Å². The van der Waals surface area contributed by atoms with Crippen molar-refractivity contribution < 1.29 is 14.3 Å². The molecule has 0 radical (unpaired) electrons. The molecule has 1 spiro atoms. The summed E-state index contributed by atoms with van der Waals surface area (Å²) in [6.45, 7) is 1.11. The molecule has 4 heteroatoms. The van der Waals surface area contributed by atoms with Crippen LogP contribution in [-0.2, 0) is 10.3 Å². The van der Waals surface area contributed by atoms with E-state index < -0.39 is 5.60 Å². The molecule has 23 heavy (non-hydrogen) atoms. The van der Waals surface area contributed by atoms with Gasteiger partial charge in [0, 0.05) is 17.7 Å². The highest BCUT2D eigenvalue weighted by Gasteiger charge is 2.48. The molecule has 1 saturated heterocycles. The van der Waals surface area contributed by atoms with Crippen molar-refractivity contribution in [2.45, 2.75) is 18.4 Å². The first kappa shape index (κ1) is 14.0. The van der Waals surface area contributed by atoms with Crippen LogP contribution in [0.5, 0.6) is 0 Å². The Morgan fingerprint density at radius 3 is 2.61 bits per heavy atom. The molecule has 0 saturated carbocycles. The predicted octanol–water partition coefficient (Wildman–Crippen LogP) is 2.99. The van der Waals surface area contributed by atoms with Crippen LogP contribution in [0.15, 0.2) is 54.6 Å². The SMILES string of the molecule is O=C1OC2(CCCN(C(=O)c3ccccc3)C2)c2ccccc21. The summed E-state index contributed by atoms with van der Waals surface area (Å²) >= 11 is 0. The maximum atomic E-state index is 12.7. The number of carbonyl (C=O) groups is 2. The summed E-state index contributed by atoms with van der Waals surface area (Å²) in [6, 6.07) is 16.7. The van der Waals surface area contributed by atoms with E-state index >= 15 is 0 Å². The monoisotopic (exact) mass is 307 g/mol. The van der Waals surface area contributed by atoms with Crippen molar-refractivity contribution in [3.63, 3.8) is 0 Å². The van der Waals surface area contributed by atoms with Crippen molar-refractivity contribution in [2.24, 2.45) is 0 Å². The number of piperidine rings is 1. The van der Waals surface area contributed by atoms with E-state index in [0.717, 1.165) is 18.4 Å². The first-order chi connectivity index (χ1) is 11.2. The third-order valence-electron chi connectivity index (χ3n) is 4.69. The maximum Gasteiger partial charge on any atom is 0.339 e. The van der Waals surface area contributed by atoms with Crippen LogP contribution < -0.4 is 0 Å². The van der Waals surface area contributed by atoms with Gasteiger partial charge in [-0.15, -0.1) is 0 Å². The number of carbonyl (C=O) groups excluding carboxylic acids is 2. The Morgan fingerprint density at radius 2 is 1.78 bits per heavy atom. The number of hydrogen-bond acceptors (Lipinski definition) is 3. The summed E-state index contributed by atoms with van der Waals surface area (Å²) in [6.07, 6.45) is 1.58. The average molecular weight is 307 g/mol. The van der Waals surface area contributed by atoms with Crippen LogP contribution >= 0.6 is 0 Å². The fraction of sp³-hybridized carbons (Fsp3) is 0.263. The zero-order valence-electron chi connectivity index (χ0n) is 12.7. The van der Waals surface area contributed by atoms with Gasteiger partial charge in [-0.3, -0.25) is 4.79 Å². The van der Waals surface area contributed by atoms with Gasteiger partial charge in [-0.2, -0.15) is 0 Å². The second kappa shape index (κ2) is 5.23. The number of esters is 1. The van der Waals surface area contributed by atoms with Gasteiger partial charge < -0.3 is 9.64 Å². The Kier molecular flexibility index (Phi) is 3.18. The minimum atomic E-state index is -0.684. The Morgan fingerprint density at radius 1 is 1.04 bits per heavy atom. The van der Waals surface area contributed by atoms with Crippen molar-refractivity contribution in [3.05, 3.63) is 71.3 Å². The van der Waals surface area contributed by atoms with E-state index in [1.54, 1.807) is 11.0 Å². The van der Waals surface area contributed by atoms with Crippen molar-refractivity contribution >= 4 is 11.9 Å². The molecule has 0 aliphatic carbocycles. The van der Waals surface area contributed by atoms with Crippen LogP contribution in [0.2, 0.25) is 0 Å². The summed E-state index contributed by atoms with van der Waals surface area (Å²) in [5, 5.41) is 0. The number of hydrogen-bond donors (Lipinski definition) is 0.